The summed E-state index contributed by atoms with van der Waals surface area (Å²) in [6.45, 7) is 5.52. The molecule has 0 unspecified atom stereocenters. The predicted molar refractivity (Wildman–Crippen MR) is 81.1 cm³/mol. The molecule has 2 heterocycles. The van der Waals surface area contributed by atoms with Gasteiger partial charge in [0.05, 0.1) is 23.2 Å². The molecule has 5 heteroatoms. The van der Waals surface area contributed by atoms with Gasteiger partial charge in [-0.3, -0.25) is 4.90 Å². The smallest absolute Gasteiger partial charge is 0.0971 e. The fourth-order valence-electron chi connectivity index (χ4n) is 3.08. The van der Waals surface area contributed by atoms with Crippen molar-refractivity contribution >= 4 is 0 Å². The molecule has 0 aliphatic carbocycles. The summed E-state index contributed by atoms with van der Waals surface area (Å²) in [4.78, 5) is 3.96. The Morgan fingerprint density at radius 1 is 1.29 bits per heavy atom. The van der Waals surface area contributed by atoms with Gasteiger partial charge in [-0.2, -0.15) is 15.0 Å². The van der Waals surface area contributed by atoms with Crippen molar-refractivity contribution in [2.45, 2.75) is 44.9 Å². The van der Waals surface area contributed by atoms with Gasteiger partial charge in [-0.15, -0.1) is 0 Å². The SMILES string of the molecule is CC(C)(O)[C@@H]1CCCN1Cc1cnn(-c2ccccc2)n1. The Hall–Kier alpha value is -1.72. The standard InChI is InChI=1S/C16H22N4O/c1-16(2,21)15-9-6-10-19(15)12-13-11-17-20(18-13)14-7-4-3-5-8-14/h3-5,7-8,11,15,21H,6,9-10,12H2,1-2H3/t15-/m0/s1. The molecule has 0 radical (unpaired) electrons. The minimum absolute atomic E-state index is 0.194. The fraction of sp³-hybridized carbons (Fsp3) is 0.500. The summed E-state index contributed by atoms with van der Waals surface area (Å²) in [5, 5.41) is 19.1. The normalized spacial score (nSPS) is 20.0. The fourth-order valence-corrected chi connectivity index (χ4v) is 3.08. The number of nitrogens with zero attached hydrogens (tertiary/aromatic N) is 4. The summed E-state index contributed by atoms with van der Waals surface area (Å²) in [5.74, 6) is 0. The molecule has 0 bridgehead atoms. The number of hydrogen-bond donors (Lipinski definition) is 1. The number of likely N-dealkylation sites (tertiary alicyclic amines) is 1. The average molecular weight is 286 g/mol. The number of rotatable bonds is 4. The lowest BCUT2D eigenvalue weighted by molar-refractivity contribution is -0.00539. The lowest BCUT2D eigenvalue weighted by Gasteiger charge is -2.33. The van der Waals surface area contributed by atoms with Crippen LogP contribution in [0.1, 0.15) is 32.4 Å². The van der Waals surface area contributed by atoms with Gasteiger partial charge in [-0.05, 0) is 45.4 Å². The quantitative estimate of drug-likeness (QED) is 0.934. The summed E-state index contributed by atoms with van der Waals surface area (Å²) in [7, 11) is 0. The van der Waals surface area contributed by atoms with E-state index in [1.165, 1.54) is 0 Å². The van der Waals surface area contributed by atoms with Crippen molar-refractivity contribution in [3.8, 4) is 5.69 Å². The van der Waals surface area contributed by atoms with Crippen molar-refractivity contribution in [1.29, 1.82) is 0 Å². The maximum absolute atomic E-state index is 10.3. The lowest BCUT2D eigenvalue weighted by atomic mass is 9.96. The molecule has 1 aromatic carbocycles. The van der Waals surface area contributed by atoms with Crippen LogP contribution in [-0.4, -0.2) is 43.2 Å². The van der Waals surface area contributed by atoms with E-state index in [0.29, 0.717) is 0 Å². The monoisotopic (exact) mass is 286 g/mol. The summed E-state index contributed by atoms with van der Waals surface area (Å²) < 4.78 is 0. The molecule has 112 valence electrons. The Kier molecular flexibility index (Phi) is 3.78. The number of aromatic nitrogens is 3. The second kappa shape index (κ2) is 5.58. The first kappa shape index (κ1) is 14.2. The topological polar surface area (TPSA) is 54.2 Å². The van der Waals surface area contributed by atoms with E-state index in [9.17, 15) is 5.11 Å². The van der Waals surface area contributed by atoms with E-state index >= 15 is 0 Å². The molecule has 1 saturated heterocycles. The molecule has 1 aliphatic heterocycles. The van der Waals surface area contributed by atoms with E-state index in [1.807, 2.05) is 50.4 Å². The van der Waals surface area contributed by atoms with E-state index in [4.69, 9.17) is 0 Å². The summed E-state index contributed by atoms with van der Waals surface area (Å²) in [6, 6.07) is 10.1. The molecule has 3 rings (SSSR count). The first-order valence-corrected chi connectivity index (χ1v) is 7.47. The highest BCUT2D eigenvalue weighted by molar-refractivity contribution is 5.28. The maximum Gasteiger partial charge on any atom is 0.0971 e. The summed E-state index contributed by atoms with van der Waals surface area (Å²) in [5.41, 5.74) is 1.23. The van der Waals surface area contributed by atoms with E-state index in [0.717, 1.165) is 37.3 Å². The number of para-hydroxylation sites is 1. The molecule has 5 nitrogen and oxygen atoms in total. The summed E-state index contributed by atoms with van der Waals surface area (Å²) in [6.07, 6.45) is 3.98. The molecule has 1 fully saturated rings. The van der Waals surface area contributed by atoms with Crippen LogP contribution in [0.25, 0.3) is 5.69 Å². The molecule has 21 heavy (non-hydrogen) atoms. The van der Waals surface area contributed by atoms with Gasteiger partial charge >= 0.3 is 0 Å². The van der Waals surface area contributed by atoms with E-state index < -0.39 is 5.60 Å². The van der Waals surface area contributed by atoms with Gasteiger partial charge in [-0.25, -0.2) is 0 Å². The van der Waals surface area contributed by atoms with Gasteiger partial charge in [0.2, 0.25) is 0 Å². The molecular formula is C16H22N4O. The van der Waals surface area contributed by atoms with E-state index in [2.05, 4.69) is 15.1 Å². The third-order valence-electron chi connectivity index (χ3n) is 4.07. The Labute approximate surface area is 125 Å². The van der Waals surface area contributed by atoms with Crippen LogP contribution in [0.5, 0.6) is 0 Å². The van der Waals surface area contributed by atoms with Crippen LogP contribution < -0.4 is 0 Å². The van der Waals surface area contributed by atoms with Gasteiger partial charge in [0.25, 0.3) is 0 Å². The van der Waals surface area contributed by atoms with Crippen LogP contribution >= 0.6 is 0 Å². The minimum atomic E-state index is -0.675. The number of aliphatic hydroxyl groups is 1. The van der Waals surface area contributed by atoms with Crippen molar-refractivity contribution in [3.05, 3.63) is 42.2 Å². The summed E-state index contributed by atoms with van der Waals surface area (Å²) >= 11 is 0. The lowest BCUT2D eigenvalue weighted by Crippen LogP contribution is -2.45. The van der Waals surface area contributed by atoms with Crippen LogP contribution in [0, 0.1) is 0 Å². The van der Waals surface area contributed by atoms with Crippen molar-refractivity contribution in [3.63, 3.8) is 0 Å². The zero-order valence-corrected chi connectivity index (χ0v) is 12.6. The van der Waals surface area contributed by atoms with Crippen LogP contribution in [0.4, 0.5) is 0 Å². The Morgan fingerprint density at radius 2 is 2.05 bits per heavy atom. The first-order valence-electron chi connectivity index (χ1n) is 7.47. The van der Waals surface area contributed by atoms with Crippen LogP contribution in [-0.2, 0) is 6.54 Å². The van der Waals surface area contributed by atoms with Crippen molar-refractivity contribution in [1.82, 2.24) is 19.9 Å². The maximum atomic E-state index is 10.3. The number of hydrogen-bond acceptors (Lipinski definition) is 4. The minimum Gasteiger partial charge on any atom is -0.389 e. The Morgan fingerprint density at radius 3 is 2.76 bits per heavy atom. The molecule has 0 amide bonds. The third kappa shape index (κ3) is 3.14. The largest absolute Gasteiger partial charge is 0.389 e. The molecule has 1 aliphatic rings. The van der Waals surface area contributed by atoms with Crippen LogP contribution in [0.15, 0.2) is 36.5 Å². The molecule has 1 N–H and O–H groups in total. The van der Waals surface area contributed by atoms with Gasteiger partial charge in [-0.1, -0.05) is 18.2 Å². The van der Waals surface area contributed by atoms with Crippen LogP contribution in [0.3, 0.4) is 0 Å². The van der Waals surface area contributed by atoms with E-state index in [1.54, 1.807) is 4.80 Å². The Balaban J connectivity index is 1.73. The van der Waals surface area contributed by atoms with Crippen molar-refractivity contribution in [2.75, 3.05) is 6.54 Å². The molecule has 1 atom stereocenters. The molecule has 0 saturated carbocycles. The van der Waals surface area contributed by atoms with Gasteiger partial charge in [0.15, 0.2) is 0 Å². The van der Waals surface area contributed by atoms with Gasteiger partial charge in [0.1, 0.15) is 0 Å². The van der Waals surface area contributed by atoms with Crippen LogP contribution in [0.2, 0.25) is 0 Å². The second-order valence-corrected chi connectivity index (χ2v) is 6.24. The van der Waals surface area contributed by atoms with Crippen molar-refractivity contribution in [2.24, 2.45) is 0 Å². The zero-order valence-electron chi connectivity index (χ0n) is 12.6. The van der Waals surface area contributed by atoms with Gasteiger partial charge < -0.3 is 5.11 Å². The number of benzene rings is 1. The highest BCUT2D eigenvalue weighted by Crippen LogP contribution is 2.27. The molecule has 2 aromatic rings. The predicted octanol–water partition coefficient (Wildman–Crippen LogP) is 2.00. The Bertz CT molecular complexity index is 588. The molecular weight excluding hydrogens is 264 g/mol. The average Bonchev–Trinajstić information content (AvgIpc) is 3.09. The first-order chi connectivity index (χ1) is 10.0. The highest BCUT2D eigenvalue weighted by atomic mass is 16.3. The third-order valence-corrected chi connectivity index (χ3v) is 4.07. The second-order valence-electron chi connectivity index (χ2n) is 6.24. The molecule has 0 spiro atoms. The van der Waals surface area contributed by atoms with Crippen molar-refractivity contribution < 1.29 is 5.11 Å². The zero-order chi connectivity index (χ0) is 14.9. The van der Waals surface area contributed by atoms with E-state index in [-0.39, 0.29) is 6.04 Å². The highest BCUT2D eigenvalue weighted by Gasteiger charge is 2.35. The van der Waals surface area contributed by atoms with Gasteiger partial charge in [0, 0.05) is 12.6 Å². The molecule has 1 aromatic heterocycles.